The van der Waals surface area contributed by atoms with Crippen molar-refractivity contribution in [2.75, 3.05) is 0 Å². The van der Waals surface area contributed by atoms with E-state index in [9.17, 15) is 9.59 Å². The first-order valence-corrected chi connectivity index (χ1v) is 6.01. The highest BCUT2D eigenvalue weighted by Gasteiger charge is 2.15. The molecule has 0 spiro atoms. The Morgan fingerprint density at radius 1 is 1.06 bits per heavy atom. The molecule has 1 aromatic heterocycles. The van der Waals surface area contributed by atoms with E-state index >= 15 is 0 Å². The van der Waals surface area contributed by atoms with Gasteiger partial charge in [0.1, 0.15) is 5.58 Å². The van der Waals surface area contributed by atoms with Crippen LogP contribution in [0.2, 0.25) is 0 Å². The monoisotopic (exact) mass is 240 g/mol. The summed E-state index contributed by atoms with van der Waals surface area (Å²) < 4.78 is 5.15. The van der Waals surface area contributed by atoms with Crippen LogP contribution in [-0.2, 0) is 4.79 Å². The Morgan fingerprint density at radius 2 is 1.89 bits per heavy atom. The maximum atomic E-state index is 11.5. The zero-order valence-electron chi connectivity index (χ0n) is 9.81. The molecule has 1 aromatic carbocycles. The molecule has 0 radical (unpaired) electrons. The zero-order valence-corrected chi connectivity index (χ0v) is 9.81. The van der Waals surface area contributed by atoms with Crippen LogP contribution >= 0.6 is 0 Å². The number of ketones is 1. The zero-order chi connectivity index (χ0) is 12.5. The average molecular weight is 240 g/mol. The lowest BCUT2D eigenvalue weighted by molar-refractivity contribution is -0.114. The van der Waals surface area contributed by atoms with E-state index < -0.39 is 0 Å². The standard InChI is InChI=1S/C15H12O3/c16-11-5-3-4-10(8-11)13-9-15(17)18-14-7-2-1-6-12(13)14/h1-2,6-9H,3-5H2. The van der Waals surface area contributed by atoms with Crippen LogP contribution in [0, 0.1) is 0 Å². The molecule has 1 aliphatic rings. The molecule has 0 amide bonds. The number of benzene rings is 1. The van der Waals surface area contributed by atoms with Gasteiger partial charge in [-0.3, -0.25) is 4.79 Å². The number of rotatable bonds is 1. The van der Waals surface area contributed by atoms with Gasteiger partial charge in [0.05, 0.1) is 0 Å². The molecule has 0 atom stereocenters. The Morgan fingerprint density at radius 3 is 2.72 bits per heavy atom. The third-order valence-electron chi connectivity index (χ3n) is 3.20. The highest BCUT2D eigenvalue weighted by Crippen LogP contribution is 2.29. The Balaban J connectivity index is 2.28. The lowest BCUT2D eigenvalue weighted by Gasteiger charge is -2.13. The quantitative estimate of drug-likeness (QED) is 0.720. The topological polar surface area (TPSA) is 47.3 Å². The van der Waals surface area contributed by atoms with Crippen LogP contribution in [0.1, 0.15) is 24.8 Å². The molecular weight excluding hydrogens is 228 g/mol. The van der Waals surface area contributed by atoms with E-state index in [-0.39, 0.29) is 11.4 Å². The van der Waals surface area contributed by atoms with E-state index in [4.69, 9.17) is 4.42 Å². The number of carbonyl (C=O) groups excluding carboxylic acids is 1. The molecule has 1 aliphatic carbocycles. The lowest BCUT2D eigenvalue weighted by Crippen LogP contribution is -2.05. The summed E-state index contributed by atoms with van der Waals surface area (Å²) in [7, 11) is 0. The van der Waals surface area contributed by atoms with Crippen LogP contribution in [0.5, 0.6) is 0 Å². The van der Waals surface area contributed by atoms with E-state index in [0.29, 0.717) is 12.0 Å². The number of carbonyl (C=O) groups is 1. The second kappa shape index (κ2) is 4.26. The number of allylic oxidation sites excluding steroid dienone is 2. The molecule has 0 saturated carbocycles. The molecule has 18 heavy (non-hydrogen) atoms. The fraction of sp³-hybridized carbons (Fsp3) is 0.200. The maximum Gasteiger partial charge on any atom is 0.336 e. The van der Waals surface area contributed by atoms with E-state index in [1.807, 2.05) is 18.2 Å². The van der Waals surface area contributed by atoms with Gasteiger partial charge in [0, 0.05) is 17.9 Å². The smallest absolute Gasteiger partial charge is 0.336 e. The average Bonchev–Trinajstić information content (AvgIpc) is 2.37. The summed E-state index contributed by atoms with van der Waals surface area (Å²) >= 11 is 0. The summed E-state index contributed by atoms with van der Waals surface area (Å²) in [6.07, 6.45) is 3.94. The summed E-state index contributed by atoms with van der Waals surface area (Å²) in [5.74, 6) is 0.133. The van der Waals surface area contributed by atoms with Crippen molar-refractivity contribution < 1.29 is 9.21 Å². The van der Waals surface area contributed by atoms with Crippen molar-refractivity contribution in [3.05, 3.63) is 52.4 Å². The molecular formula is C15H12O3. The van der Waals surface area contributed by atoms with E-state index in [2.05, 4.69) is 0 Å². The van der Waals surface area contributed by atoms with Gasteiger partial charge >= 0.3 is 5.63 Å². The van der Waals surface area contributed by atoms with Crippen LogP contribution in [0.4, 0.5) is 0 Å². The van der Waals surface area contributed by atoms with Gasteiger partial charge in [-0.2, -0.15) is 0 Å². The SMILES string of the molecule is O=C1C=C(c2cc(=O)oc3ccccc23)CCC1. The molecule has 3 heteroatoms. The number of hydrogen-bond donors (Lipinski definition) is 0. The van der Waals surface area contributed by atoms with Crippen molar-refractivity contribution in [3.63, 3.8) is 0 Å². The largest absolute Gasteiger partial charge is 0.423 e. The van der Waals surface area contributed by atoms with Gasteiger partial charge in [0.2, 0.25) is 0 Å². The van der Waals surface area contributed by atoms with E-state index in [0.717, 1.165) is 29.4 Å². The van der Waals surface area contributed by atoms with Gasteiger partial charge in [-0.15, -0.1) is 0 Å². The second-order valence-corrected chi connectivity index (χ2v) is 4.46. The number of fused-ring (bicyclic) bond motifs is 1. The summed E-state index contributed by atoms with van der Waals surface area (Å²) in [5.41, 5.74) is 1.96. The van der Waals surface area contributed by atoms with Crippen molar-refractivity contribution in [1.82, 2.24) is 0 Å². The van der Waals surface area contributed by atoms with Gasteiger partial charge in [0.15, 0.2) is 5.78 Å². The molecule has 0 N–H and O–H groups in total. The molecule has 1 heterocycles. The van der Waals surface area contributed by atoms with E-state index in [1.165, 1.54) is 6.07 Å². The molecule has 0 aliphatic heterocycles. The summed E-state index contributed by atoms with van der Waals surface area (Å²) in [6, 6.07) is 8.89. The first kappa shape index (κ1) is 11.0. The molecule has 0 unspecified atom stereocenters. The van der Waals surface area contributed by atoms with Crippen molar-refractivity contribution in [1.29, 1.82) is 0 Å². The summed E-state index contributed by atoms with van der Waals surface area (Å²) in [6.45, 7) is 0. The van der Waals surface area contributed by atoms with Crippen LogP contribution < -0.4 is 5.63 Å². The maximum absolute atomic E-state index is 11.5. The van der Waals surface area contributed by atoms with Crippen LogP contribution in [0.25, 0.3) is 16.5 Å². The summed E-state index contributed by atoms with van der Waals surface area (Å²) in [4.78, 5) is 23.0. The minimum Gasteiger partial charge on any atom is -0.423 e. The summed E-state index contributed by atoms with van der Waals surface area (Å²) in [5, 5.41) is 0.887. The highest BCUT2D eigenvalue weighted by molar-refractivity contribution is 6.01. The third kappa shape index (κ3) is 1.88. The van der Waals surface area contributed by atoms with Gasteiger partial charge in [-0.05, 0) is 36.1 Å². The second-order valence-electron chi connectivity index (χ2n) is 4.46. The van der Waals surface area contributed by atoms with Gasteiger partial charge in [-0.25, -0.2) is 4.79 Å². The number of para-hydroxylation sites is 1. The van der Waals surface area contributed by atoms with Crippen molar-refractivity contribution in [2.45, 2.75) is 19.3 Å². The lowest BCUT2D eigenvalue weighted by atomic mass is 9.91. The minimum absolute atomic E-state index is 0.133. The Kier molecular flexibility index (Phi) is 2.59. The first-order chi connectivity index (χ1) is 8.74. The molecule has 3 rings (SSSR count). The predicted molar refractivity (Wildman–Crippen MR) is 69.3 cm³/mol. The van der Waals surface area contributed by atoms with Crippen LogP contribution in [0.15, 0.2) is 45.6 Å². The Labute approximate surface area is 104 Å². The van der Waals surface area contributed by atoms with Gasteiger partial charge in [0.25, 0.3) is 0 Å². The molecule has 90 valence electrons. The molecule has 2 aromatic rings. The van der Waals surface area contributed by atoms with Crippen LogP contribution in [0.3, 0.4) is 0 Å². The van der Waals surface area contributed by atoms with E-state index in [1.54, 1.807) is 12.1 Å². The van der Waals surface area contributed by atoms with Gasteiger partial charge < -0.3 is 4.42 Å². The van der Waals surface area contributed by atoms with Crippen LogP contribution in [-0.4, -0.2) is 5.78 Å². The normalized spacial score (nSPS) is 15.8. The molecule has 0 fully saturated rings. The molecule has 0 bridgehead atoms. The van der Waals surface area contributed by atoms with Gasteiger partial charge in [-0.1, -0.05) is 18.2 Å². The van der Waals surface area contributed by atoms with Crippen molar-refractivity contribution in [3.8, 4) is 0 Å². The molecule has 0 saturated heterocycles. The van der Waals surface area contributed by atoms with Crippen molar-refractivity contribution in [2.24, 2.45) is 0 Å². The Hall–Kier alpha value is -2.16. The first-order valence-electron chi connectivity index (χ1n) is 6.01. The minimum atomic E-state index is -0.373. The predicted octanol–water partition coefficient (Wildman–Crippen LogP) is 2.93. The number of hydrogen-bond acceptors (Lipinski definition) is 3. The fourth-order valence-electron chi connectivity index (χ4n) is 2.38. The molecule has 3 nitrogen and oxygen atoms in total. The van der Waals surface area contributed by atoms with Crippen molar-refractivity contribution >= 4 is 22.3 Å². The highest BCUT2D eigenvalue weighted by atomic mass is 16.4. The fourth-order valence-corrected chi connectivity index (χ4v) is 2.38. The third-order valence-corrected chi connectivity index (χ3v) is 3.20. The Bertz CT molecular complexity index is 707.